The molecule has 4 aromatic heterocycles. The van der Waals surface area contributed by atoms with Crippen molar-refractivity contribution < 1.29 is 4.79 Å². The molecule has 4 heterocycles. The Morgan fingerprint density at radius 2 is 1.80 bits per heavy atom. The third-order valence-electron chi connectivity index (χ3n) is 3.70. The minimum Gasteiger partial charge on any atom is -0.353 e. The highest BCUT2D eigenvalue weighted by Crippen LogP contribution is 2.35. The Morgan fingerprint density at radius 3 is 2.60 bits per heavy atom. The van der Waals surface area contributed by atoms with Crippen molar-refractivity contribution in [3.63, 3.8) is 0 Å². The molecule has 2 N–H and O–H groups in total. The Hall–Kier alpha value is -3.61. The number of aromatic amines is 1. The number of pyridine rings is 2. The number of anilines is 1. The number of nitrogens with zero attached hydrogens (tertiary/aromatic N) is 4. The molecule has 0 aliphatic carbocycles. The lowest BCUT2D eigenvalue weighted by Crippen LogP contribution is -2.07. The second kappa shape index (κ2) is 6.12. The van der Waals surface area contributed by atoms with Crippen LogP contribution in [0.15, 0.2) is 55.1 Å². The van der Waals surface area contributed by atoms with Crippen molar-refractivity contribution in [2.24, 2.45) is 0 Å². The Morgan fingerprint density at radius 1 is 1.00 bits per heavy atom. The third kappa shape index (κ3) is 2.83. The summed E-state index contributed by atoms with van der Waals surface area (Å²) in [4.78, 5) is 32.1. The molecular weight excluding hydrogens is 316 g/mol. The normalized spacial score (nSPS) is 10.8. The van der Waals surface area contributed by atoms with Crippen LogP contribution in [-0.4, -0.2) is 30.8 Å². The molecule has 0 unspecified atom stereocenters. The molecule has 122 valence electrons. The van der Waals surface area contributed by atoms with Gasteiger partial charge in [-0.2, -0.15) is 0 Å². The first-order valence-corrected chi connectivity index (χ1v) is 7.70. The Balaban J connectivity index is 1.95. The molecule has 0 radical (unpaired) electrons. The second-order valence-corrected chi connectivity index (χ2v) is 5.46. The molecule has 0 saturated heterocycles. The highest BCUT2D eigenvalue weighted by atomic mass is 16.1. The SMILES string of the molecule is CC(=O)Nc1cc(-c2[nH]c3cccnc3c2-c2ncccn2)ccn1. The molecule has 0 spiro atoms. The smallest absolute Gasteiger partial charge is 0.222 e. The van der Waals surface area contributed by atoms with E-state index >= 15 is 0 Å². The van der Waals surface area contributed by atoms with Gasteiger partial charge in [0.15, 0.2) is 5.82 Å². The topological polar surface area (TPSA) is 96.5 Å². The first kappa shape index (κ1) is 14.9. The van der Waals surface area contributed by atoms with Crippen LogP contribution in [0.2, 0.25) is 0 Å². The van der Waals surface area contributed by atoms with Gasteiger partial charge in [-0.15, -0.1) is 0 Å². The molecule has 0 aromatic carbocycles. The predicted octanol–water partition coefficient (Wildman–Crippen LogP) is 3.04. The van der Waals surface area contributed by atoms with E-state index in [0.717, 1.165) is 27.9 Å². The molecule has 0 bridgehead atoms. The average molecular weight is 330 g/mol. The van der Waals surface area contributed by atoms with Crippen molar-refractivity contribution in [2.75, 3.05) is 5.32 Å². The highest BCUT2D eigenvalue weighted by molar-refractivity contribution is 6.00. The number of nitrogens with one attached hydrogen (secondary N) is 2. The fraction of sp³-hybridized carbons (Fsp3) is 0.0556. The van der Waals surface area contributed by atoms with Crippen molar-refractivity contribution in [2.45, 2.75) is 6.92 Å². The summed E-state index contributed by atoms with van der Waals surface area (Å²) in [5.74, 6) is 0.895. The number of amides is 1. The largest absolute Gasteiger partial charge is 0.353 e. The van der Waals surface area contributed by atoms with Crippen LogP contribution in [0, 0.1) is 0 Å². The highest BCUT2D eigenvalue weighted by Gasteiger charge is 2.18. The van der Waals surface area contributed by atoms with Gasteiger partial charge in [-0.3, -0.25) is 9.78 Å². The van der Waals surface area contributed by atoms with Crippen LogP contribution in [-0.2, 0) is 4.79 Å². The summed E-state index contributed by atoms with van der Waals surface area (Å²) in [6, 6.07) is 9.26. The van der Waals surface area contributed by atoms with E-state index in [0.29, 0.717) is 11.6 Å². The van der Waals surface area contributed by atoms with Crippen molar-refractivity contribution in [1.82, 2.24) is 24.9 Å². The van der Waals surface area contributed by atoms with E-state index in [4.69, 9.17) is 0 Å². The number of hydrogen-bond acceptors (Lipinski definition) is 5. The van der Waals surface area contributed by atoms with Gasteiger partial charge in [0, 0.05) is 37.3 Å². The van der Waals surface area contributed by atoms with Gasteiger partial charge in [0.1, 0.15) is 5.82 Å². The fourth-order valence-electron chi connectivity index (χ4n) is 2.72. The van der Waals surface area contributed by atoms with Crippen LogP contribution >= 0.6 is 0 Å². The van der Waals surface area contributed by atoms with E-state index in [-0.39, 0.29) is 5.91 Å². The zero-order valence-corrected chi connectivity index (χ0v) is 13.4. The Kier molecular flexibility index (Phi) is 3.66. The second-order valence-electron chi connectivity index (χ2n) is 5.46. The van der Waals surface area contributed by atoms with Gasteiger partial charge < -0.3 is 10.3 Å². The number of rotatable bonds is 3. The van der Waals surface area contributed by atoms with Crippen LogP contribution in [0.4, 0.5) is 5.82 Å². The molecule has 4 rings (SSSR count). The van der Waals surface area contributed by atoms with Crippen molar-refractivity contribution in [1.29, 1.82) is 0 Å². The lowest BCUT2D eigenvalue weighted by Gasteiger charge is -2.06. The van der Waals surface area contributed by atoms with Gasteiger partial charge in [0.25, 0.3) is 0 Å². The van der Waals surface area contributed by atoms with Crippen molar-refractivity contribution in [3.05, 3.63) is 55.1 Å². The monoisotopic (exact) mass is 330 g/mol. The molecule has 0 saturated carbocycles. The molecule has 4 aromatic rings. The van der Waals surface area contributed by atoms with Gasteiger partial charge in [-0.1, -0.05) is 0 Å². The van der Waals surface area contributed by atoms with Crippen molar-refractivity contribution in [3.8, 4) is 22.6 Å². The van der Waals surface area contributed by atoms with Gasteiger partial charge in [-0.05, 0) is 30.3 Å². The average Bonchev–Trinajstić information content (AvgIpc) is 3.02. The van der Waals surface area contributed by atoms with Crippen LogP contribution in [0.1, 0.15) is 6.92 Å². The molecule has 0 aliphatic heterocycles. The van der Waals surface area contributed by atoms with Crippen molar-refractivity contribution >= 4 is 22.8 Å². The number of carbonyl (C=O) groups excluding carboxylic acids is 1. The molecular formula is C18H14N6O. The van der Waals surface area contributed by atoms with Gasteiger partial charge in [-0.25, -0.2) is 15.0 Å². The molecule has 7 heteroatoms. The maximum absolute atomic E-state index is 11.3. The third-order valence-corrected chi connectivity index (χ3v) is 3.70. The van der Waals surface area contributed by atoms with E-state index in [1.54, 1.807) is 36.9 Å². The van der Waals surface area contributed by atoms with Gasteiger partial charge in [0.2, 0.25) is 5.91 Å². The maximum Gasteiger partial charge on any atom is 0.222 e. The lowest BCUT2D eigenvalue weighted by atomic mass is 10.1. The number of H-pyrrole nitrogens is 1. The van der Waals surface area contributed by atoms with E-state index < -0.39 is 0 Å². The first-order chi connectivity index (χ1) is 12.2. The van der Waals surface area contributed by atoms with E-state index in [9.17, 15) is 4.79 Å². The molecule has 7 nitrogen and oxygen atoms in total. The van der Waals surface area contributed by atoms with Crippen LogP contribution in [0.3, 0.4) is 0 Å². The number of hydrogen-bond donors (Lipinski definition) is 2. The quantitative estimate of drug-likeness (QED) is 0.602. The van der Waals surface area contributed by atoms with E-state index in [1.165, 1.54) is 6.92 Å². The molecule has 25 heavy (non-hydrogen) atoms. The number of fused-ring (bicyclic) bond motifs is 1. The summed E-state index contributed by atoms with van der Waals surface area (Å²) in [5.41, 5.74) is 4.18. The minimum atomic E-state index is -0.172. The summed E-state index contributed by atoms with van der Waals surface area (Å²) < 4.78 is 0. The van der Waals surface area contributed by atoms with E-state index in [1.807, 2.05) is 18.2 Å². The molecule has 0 atom stereocenters. The van der Waals surface area contributed by atoms with Crippen LogP contribution in [0.5, 0.6) is 0 Å². The minimum absolute atomic E-state index is 0.172. The van der Waals surface area contributed by atoms with Gasteiger partial charge >= 0.3 is 0 Å². The zero-order valence-electron chi connectivity index (χ0n) is 13.4. The maximum atomic E-state index is 11.3. The van der Waals surface area contributed by atoms with Gasteiger partial charge in [0.05, 0.1) is 22.3 Å². The number of carbonyl (C=O) groups is 1. The standard InChI is InChI=1S/C18H14N6O/c1-11(25)23-14-10-12(5-9-19-14)16-15(18-21-7-3-8-22-18)17-13(24-16)4-2-6-20-17/h2-10,24H,1H3,(H,19,23,25). The number of aromatic nitrogens is 5. The summed E-state index contributed by atoms with van der Waals surface area (Å²) in [6.07, 6.45) is 6.78. The summed E-state index contributed by atoms with van der Waals surface area (Å²) >= 11 is 0. The summed E-state index contributed by atoms with van der Waals surface area (Å²) in [7, 11) is 0. The fourth-order valence-corrected chi connectivity index (χ4v) is 2.72. The molecule has 1 amide bonds. The van der Waals surface area contributed by atoms with Crippen LogP contribution < -0.4 is 5.32 Å². The molecule has 0 fully saturated rings. The van der Waals surface area contributed by atoms with Crippen LogP contribution in [0.25, 0.3) is 33.7 Å². The predicted molar refractivity (Wildman–Crippen MR) is 94.7 cm³/mol. The van der Waals surface area contributed by atoms with E-state index in [2.05, 4.69) is 30.2 Å². The first-order valence-electron chi connectivity index (χ1n) is 7.70. The Bertz CT molecular complexity index is 1060. The summed E-state index contributed by atoms with van der Waals surface area (Å²) in [5, 5.41) is 2.70. The lowest BCUT2D eigenvalue weighted by molar-refractivity contribution is -0.114. The Labute approximate surface area is 143 Å². The zero-order chi connectivity index (χ0) is 17.2. The molecule has 0 aliphatic rings. The summed E-state index contributed by atoms with van der Waals surface area (Å²) in [6.45, 7) is 1.45.